The average molecular weight is 394 g/mol. The maximum Gasteiger partial charge on any atom is 0.325 e. The number of ether oxygens (including phenoxy) is 1. The molecular weight excluding hydrogens is 375 g/mol. The number of aromatic nitrogens is 3. The van der Waals surface area contributed by atoms with Crippen molar-refractivity contribution in [3.8, 4) is 17.1 Å². The molecule has 4 aromatic rings. The Labute approximate surface area is 166 Å². The fraction of sp³-hybridized carbons (Fsp3) is 0.190. The molecule has 0 spiro atoms. The Morgan fingerprint density at radius 2 is 1.93 bits per heavy atom. The smallest absolute Gasteiger partial charge is 0.325 e. The van der Waals surface area contributed by atoms with Crippen molar-refractivity contribution in [1.29, 1.82) is 0 Å². The van der Waals surface area contributed by atoms with E-state index in [2.05, 4.69) is 10.1 Å². The van der Waals surface area contributed by atoms with E-state index in [1.165, 1.54) is 21.5 Å². The van der Waals surface area contributed by atoms with E-state index in [-0.39, 0.29) is 23.3 Å². The Morgan fingerprint density at radius 3 is 2.62 bits per heavy atom. The van der Waals surface area contributed by atoms with Crippen molar-refractivity contribution < 1.29 is 18.3 Å². The average Bonchev–Trinajstić information content (AvgIpc) is 3.28. The molecule has 2 aromatic heterocycles. The minimum atomic E-state index is -0.317. The number of hydrogen-bond donors (Lipinski definition) is 0. The highest BCUT2D eigenvalue weighted by Gasteiger charge is 2.24. The van der Waals surface area contributed by atoms with Crippen LogP contribution in [0.5, 0.6) is 5.75 Å². The quantitative estimate of drug-likeness (QED) is 0.516. The van der Waals surface area contributed by atoms with Crippen molar-refractivity contribution in [2.24, 2.45) is 0 Å². The molecule has 0 radical (unpaired) electrons. The predicted octanol–water partition coefficient (Wildman–Crippen LogP) is 3.72. The van der Waals surface area contributed by atoms with E-state index in [9.17, 15) is 9.18 Å². The van der Waals surface area contributed by atoms with Crippen molar-refractivity contribution in [3.05, 3.63) is 71.4 Å². The number of fused-ring (bicyclic) bond motifs is 1. The standard InChI is InChI=1S/C21H19FN4O3/c1-13-18(20(27)25(2)12-14-8-10-15(22)11-9-14)29-21-23-19(24-26(13)21)16-6-4-5-7-17(16)28-3/h4-11H,12H2,1-3H3. The molecule has 0 atom stereocenters. The van der Waals surface area contributed by atoms with Crippen LogP contribution in [0, 0.1) is 12.7 Å². The number of rotatable bonds is 5. The fourth-order valence-electron chi connectivity index (χ4n) is 3.09. The number of carbonyl (C=O) groups excluding carboxylic acids is 1. The lowest BCUT2D eigenvalue weighted by Crippen LogP contribution is -2.26. The molecule has 148 valence electrons. The molecule has 0 saturated carbocycles. The molecule has 8 heteroatoms. The van der Waals surface area contributed by atoms with E-state index >= 15 is 0 Å². The van der Waals surface area contributed by atoms with Crippen LogP contribution in [0.25, 0.3) is 17.2 Å². The predicted molar refractivity (Wildman–Crippen MR) is 104 cm³/mol. The summed E-state index contributed by atoms with van der Waals surface area (Å²) >= 11 is 0. The van der Waals surface area contributed by atoms with Crippen LogP contribution in [0.2, 0.25) is 0 Å². The first kappa shape index (κ1) is 18.7. The van der Waals surface area contributed by atoms with Gasteiger partial charge < -0.3 is 14.1 Å². The summed E-state index contributed by atoms with van der Waals surface area (Å²) in [5, 5.41) is 4.47. The summed E-state index contributed by atoms with van der Waals surface area (Å²) < 4.78 is 25.6. The van der Waals surface area contributed by atoms with Crippen molar-refractivity contribution >= 4 is 11.8 Å². The topological polar surface area (TPSA) is 72.9 Å². The molecule has 0 aliphatic rings. The largest absolute Gasteiger partial charge is 0.496 e. The molecular formula is C21H19FN4O3. The molecule has 2 heterocycles. The maximum atomic E-state index is 13.1. The molecule has 0 aliphatic carbocycles. The van der Waals surface area contributed by atoms with E-state index in [0.717, 1.165) is 11.1 Å². The molecule has 2 aromatic carbocycles. The lowest BCUT2D eigenvalue weighted by atomic mass is 10.2. The Balaban J connectivity index is 1.61. The van der Waals surface area contributed by atoms with Gasteiger partial charge in [-0.25, -0.2) is 4.39 Å². The number of para-hydroxylation sites is 1. The van der Waals surface area contributed by atoms with Gasteiger partial charge in [-0.05, 0) is 36.8 Å². The first-order valence-electron chi connectivity index (χ1n) is 8.97. The molecule has 0 aliphatic heterocycles. The Kier molecular flexibility index (Phi) is 4.75. The third-order valence-corrected chi connectivity index (χ3v) is 4.64. The van der Waals surface area contributed by atoms with Crippen molar-refractivity contribution in [3.63, 3.8) is 0 Å². The number of oxazole rings is 1. The number of amides is 1. The lowest BCUT2D eigenvalue weighted by molar-refractivity contribution is 0.0754. The van der Waals surface area contributed by atoms with Gasteiger partial charge in [-0.3, -0.25) is 4.79 Å². The number of nitrogens with zero attached hydrogens (tertiary/aromatic N) is 4. The third-order valence-electron chi connectivity index (χ3n) is 4.64. The van der Waals surface area contributed by atoms with E-state index in [0.29, 0.717) is 23.8 Å². The van der Waals surface area contributed by atoms with Crippen LogP contribution in [0.3, 0.4) is 0 Å². The van der Waals surface area contributed by atoms with Crippen molar-refractivity contribution in [2.45, 2.75) is 13.5 Å². The minimum Gasteiger partial charge on any atom is -0.496 e. The molecule has 7 nitrogen and oxygen atoms in total. The SMILES string of the molecule is COc1ccccc1-c1nc2oc(C(=O)N(C)Cc3ccc(F)cc3)c(C)n2n1. The number of halogens is 1. The maximum absolute atomic E-state index is 13.1. The lowest BCUT2D eigenvalue weighted by Gasteiger charge is -2.16. The van der Waals surface area contributed by atoms with Crippen molar-refractivity contribution in [2.75, 3.05) is 14.2 Å². The highest BCUT2D eigenvalue weighted by molar-refractivity contribution is 5.92. The van der Waals surface area contributed by atoms with Gasteiger partial charge >= 0.3 is 5.84 Å². The Morgan fingerprint density at radius 1 is 1.21 bits per heavy atom. The van der Waals surface area contributed by atoms with Gasteiger partial charge in [0.1, 0.15) is 11.6 Å². The third kappa shape index (κ3) is 3.44. The van der Waals surface area contributed by atoms with Crippen LogP contribution in [-0.2, 0) is 6.54 Å². The van der Waals surface area contributed by atoms with Gasteiger partial charge in [0.15, 0.2) is 5.82 Å². The molecule has 29 heavy (non-hydrogen) atoms. The van der Waals surface area contributed by atoms with Gasteiger partial charge in [0.2, 0.25) is 5.76 Å². The van der Waals surface area contributed by atoms with Crippen molar-refractivity contribution in [1.82, 2.24) is 19.5 Å². The summed E-state index contributed by atoms with van der Waals surface area (Å²) in [4.78, 5) is 18.7. The highest BCUT2D eigenvalue weighted by Crippen LogP contribution is 2.28. The van der Waals surface area contributed by atoms with Crippen LogP contribution < -0.4 is 4.74 Å². The summed E-state index contributed by atoms with van der Waals surface area (Å²) in [6.45, 7) is 2.07. The molecule has 0 saturated heterocycles. The summed E-state index contributed by atoms with van der Waals surface area (Å²) in [5.41, 5.74) is 2.09. The Bertz CT molecular complexity index is 1180. The van der Waals surface area contributed by atoms with Crippen LogP contribution in [0.4, 0.5) is 4.39 Å². The van der Waals surface area contributed by atoms with Crippen LogP contribution >= 0.6 is 0 Å². The molecule has 0 N–H and O–H groups in total. The number of aryl methyl sites for hydroxylation is 1. The van der Waals surface area contributed by atoms with E-state index in [4.69, 9.17) is 9.15 Å². The number of benzene rings is 2. The summed E-state index contributed by atoms with van der Waals surface area (Å²) in [5.74, 6) is 0.857. The van der Waals surface area contributed by atoms with Gasteiger partial charge in [-0.15, -0.1) is 5.10 Å². The molecule has 1 amide bonds. The number of methoxy groups -OCH3 is 1. The van der Waals surface area contributed by atoms with Gasteiger partial charge in [0.25, 0.3) is 5.91 Å². The number of hydrogen-bond acceptors (Lipinski definition) is 5. The zero-order valence-corrected chi connectivity index (χ0v) is 16.2. The highest BCUT2D eigenvalue weighted by atomic mass is 19.1. The van der Waals surface area contributed by atoms with Gasteiger partial charge in [0.05, 0.1) is 18.4 Å². The normalized spacial score (nSPS) is 11.0. The monoisotopic (exact) mass is 394 g/mol. The van der Waals surface area contributed by atoms with Crippen LogP contribution in [0.15, 0.2) is 52.9 Å². The summed E-state index contributed by atoms with van der Waals surface area (Å²) in [6, 6.07) is 13.4. The summed E-state index contributed by atoms with van der Waals surface area (Å²) in [6.07, 6.45) is 0. The van der Waals surface area contributed by atoms with E-state index in [1.54, 1.807) is 33.2 Å². The molecule has 0 unspecified atom stereocenters. The van der Waals surface area contributed by atoms with E-state index in [1.807, 2.05) is 24.3 Å². The fourth-order valence-corrected chi connectivity index (χ4v) is 3.09. The molecule has 4 rings (SSSR count). The Hall–Kier alpha value is -3.68. The molecule has 0 bridgehead atoms. The number of carbonyl (C=O) groups is 1. The van der Waals surface area contributed by atoms with Gasteiger partial charge in [-0.2, -0.15) is 9.50 Å². The van der Waals surface area contributed by atoms with E-state index < -0.39 is 0 Å². The van der Waals surface area contributed by atoms with Gasteiger partial charge in [-0.1, -0.05) is 24.3 Å². The minimum absolute atomic E-state index is 0.163. The second-order valence-electron chi connectivity index (χ2n) is 6.63. The first-order chi connectivity index (χ1) is 14.0. The first-order valence-corrected chi connectivity index (χ1v) is 8.97. The zero-order valence-electron chi connectivity index (χ0n) is 16.2. The molecule has 0 fully saturated rings. The van der Waals surface area contributed by atoms with Gasteiger partial charge in [0, 0.05) is 13.6 Å². The second kappa shape index (κ2) is 7.38. The van der Waals surface area contributed by atoms with Crippen LogP contribution in [0.1, 0.15) is 21.8 Å². The second-order valence-corrected chi connectivity index (χ2v) is 6.63. The zero-order chi connectivity index (χ0) is 20.5. The summed E-state index contributed by atoms with van der Waals surface area (Å²) in [7, 11) is 3.24. The van der Waals surface area contributed by atoms with Crippen LogP contribution in [-0.4, -0.2) is 39.6 Å².